The molecule has 4 nitrogen and oxygen atoms in total. The predicted octanol–water partition coefficient (Wildman–Crippen LogP) is 5.18. The van der Waals surface area contributed by atoms with Gasteiger partial charge in [0.1, 0.15) is 11.4 Å². The van der Waals surface area contributed by atoms with E-state index in [1.165, 1.54) is 6.08 Å². The molecule has 0 spiro atoms. The van der Waals surface area contributed by atoms with Crippen molar-refractivity contribution in [2.24, 2.45) is 0 Å². The largest absolute Gasteiger partial charge is 0.497 e. The molecule has 2 heterocycles. The maximum atomic E-state index is 12.6. The highest BCUT2D eigenvalue weighted by Gasteiger charge is 2.13. The van der Waals surface area contributed by atoms with Gasteiger partial charge in [0.25, 0.3) is 0 Å². The van der Waals surface area contributed by atoms with E-state index in [1.54, 1.807) is 19.4 Å². The van der Waals surface area contributed by atoms with E-state index in [-0.39, 0.29) is 5.78 Å². The van der Waals surface area contributed by atoms with Crippen molar-refractivity contribution in [1.29, 1.82) is 0 Å². The highest BCUT2D eigenvalue weighted by Crippen LogP contribution is 2.29. The van der Waals surface area contributed by atoms with Gasteiger partial charge in [-0.3, -0.25) is 9.78 Å². The molecule has 1 N–H and O–H groups in total. The average Bonchev–Trinajstić information content (AvgIpc) is 3.09. The summed E-state index contributed by atoms with van der Waals surface area (Å²) in [4.78, 5) is 20.2. The van der Waals surface area contributed by atoms with Crippen LogP contribution in [0.15, 0.2) is 79.0 Å². The van der Waals surface area contributed by atoms with E-state index in [0.29, 0.717) is 5.69 Å². The second-order valence-corrected chi connectivity index (χ2v) is 6.11. The van der Waals surface area contributed by atoms with Crippen LogP contribution in [-0.4, -0.2) is 22.9 Å². The summed E-state index contributed by atoms with van der Waals surface area (Å²) in [6.07, 6.45) is 8.74. The van der Waals surface area contributed by atoms with Gasteiger partial charge >= 0.3 is 0 Å². The number of aromatic nitrogens is 2. The Hall–Kier alpha value is -3.66. The molecule has 0 atom stereocenters. The molecule has 0 amide bonds. The van der Waals surface area contributed by atoms with Gasteiger partial charge in [-0.25, -0.2) is 0 Å². The number of rotatable bonds is 5. The third-order valence-corrected chi connectivity index (χ3v) is 4.41. The Morgan fingerprint density at radius 1 is 1.04 bits per heavy atom. The maximum Gasteiger partial charge on any atom is 0.206 e. The number of ether oxygens (including phenoxy) is 1. The molecule has 0 saturated carbocycles. The number of aromatic amines is 1. The third kappa shape index (κ3) is 3.37. The normalized spacial score (nSPS) is 11.7. The number of ketones is 1. The number of benzene rings is 2. The van der Waals surface area contributed by atoms with Crippen molar-refractivity contribution in [3.8, 4) is 5.75 Å². The Balaban J connectivity index is 1.65. The Labute approximate surface area is 156 Å². The molecule has 2 aromatic heterocycles. The van der Waals surface area contributed by atoms with E-state index in [2.05, 4.69) is 9.97 Å². The van der Waals surface area contributed by atoms with Gasteiger partial charge in [0.15, 0.2) is 0 Å². The lowest BCUT2D eigenvalue weighted by Crippen LogP contribution is -1.99. The molecule has 4 heteroatoms. The number of carbonyl (C=O) groups is 1. The van der Waals surface area contributed by atoms with Crippen molar-refractivity contribution in [3.05, 3.63) is 90.3 Å². The van der Waals surface area contributed by atoms with Gasteiger partial charge in [0.2, 0.25) is 5.78 Å². The summed E-state index contributed by atoms with van der Waals surface area (Å²) < 4.78 is 5.30. The number of carbonyl (C=O) groups excluding carboxylic acids is 1. The van der Waals surface area contributed by atoms with E-state index < -0.39 is 0 Å². The molecule has 2 aromatic carbocycles. The molecule has 0 bridgehead atoms. The zero-order valence-electron chi connectivity index (χ0n) is 14.8. The number of fused-ring (bicyclic) bond motifs is 3. The van der Waals surface area contributed by atoms with Crippen LogP contribution in [0.5, 0.6) is 5.75 Å². The van der Waals surface area contributed by atoms with Gasteiger partial charge in [0, 0.05) is 22.5 Å². The summed E-state index contributed by atoms with van der Waals surface area (Å²) in [5.41, 5.74) is 3.18. The monoisotopic (exact) mass is 354 g/mol. The maximum absolute atomic E-state index is 12.6. The SMILES string of the molecule is COc1ccc2[nH]c3c(C(=O)/C=C/C=C/c4ccccc4)nccc3c2c1. The van der Waals surface area contributed by atoms with E-state index in [4.69, 9.17) is 4.74 Å². The molecule has 0 fully saturated rings. The number of pyridine rings is 1. The lowest BCUT2D eigenvalue weighted by atomic mass is 10.1. The first-order valence-electron chi connectivity index (χ1n) is 8.65. The van der Waals surface area contributed by atoms with E-state index >= 15 is 0 Å². The molecule has 0 radical (unpaired) electrons. The van der Waals surface area contributed by atoms with Gasteiger partial charge in [-0.2, -0.15) is 0 Å². The topological polar surface area (TPSA) is 55.0 Å². The molecule has 0 aliphatic carbocycles. The number of allylic oxidation sites excluding steroid dienone is 3. The minimum atomic E-state index is -0.142. The standard InChI is InChI=1S/C23H18N2O2/c1-27-17-11-12-20-19(15-17)18-13-14-24-23(22(18)25-20)21(26)10-6-5-9-16-7-3-2-4-8-16/h2-15,25H,1H3/b9-5+,10-6+. The second kappa shape index (κ2) is 7.30. The number of hydrogen-bond donors (Lipinski definition) is 1. The Bertz CT molecular complexity index is 1170. The smallest absolute Gasteiger partial charge is 0.206 e. The van der Waals surface area contributed by atoms with Crippen molar-refractivity contribution in [1.82, 2.24) is 9.97 Å². The molecular weight excluding hydrogens is 336 g/mol. The molecule has 0 unspecified atom stereocenters. The minimum Gasteiger partial charge on any atom is -0.497 e. The van der Waals surface area contributed by atoms with Crippen LogP contribution < -0.4 is 4.74 Å². The summed E-state index contributed by atoms with van der Waals surface area (Å²) in [6.45, 7) is 0. The van der Waals surface area contributed by atoms with Crippen LogP contribution in [0.3, 0.4) is 0 Å². The molecule has 0 aliphatic heterocycles. The van der Waals surface area contributed by atoms with Gasteiger partial charge in [-0.15, -0.1) is 0 Å². The fourth-order valence-corrected chi connectivity index (χ4v) is 3.07. The number of nitrogens with one attached hydrogen (secondary N) is 1. The fraction of sp³-hybridized carbons (Fsp3) is 0.0435. The minimum absolute atomic E-state index is 0.142. The molecular formula is C23H18N2O2. The lowest BCUT2D eigenvalue weighted by molar-refractivity contribution is 0.104. The van der Waals surface area contributed by atoms with E-state index in [9.17, 15) is 4.79 Å². The van der Waals surface area contributed by atoms with Gasteiger partial charge in [-0.1, -0.05) is 48.6 Å². The number of methoxy groups -OCH3 is 1. The molecule has 27 heavy (non-hydrogen) atoms. The molecule has 4 aromatic rings. The first-order chi connectivity index (χ1) is 13.3. The highest BCUT2D eigenvalue weighted by molar-refractivity contribution is 6.17. The molecule has 0 aliphatic rings. The predicted molar refractivity (Wildman–Crippen MR) is 109 cm³/mol. The highest BCUT2D eigenvalue weighted by atomic mass is 16.5. The molecule has 132 valence electrons. The third-order valence-electron chi connectivity index (χ3n) is 4.41. The number of nitrogens with zero attached hydrogens (tertiary/aromatic N) is 1. The van der Waals surface area contributed by atoms with Crippen molar-refractivity contribution < 1.29 is 9.53 Å². The van der Waals surface area contributed by atoms with Crippen LogP contribution in [0.25, 0.3) is 27.9 Å². The van der Waals surface area contributed by atoms with Crippen molar-refractivity contribution in [2.45, 2.75) is 0 Å². The van der Waals surface area contributed by atoms with Crippen LogP contribution in [0, 0.1) is 0 Å². The zero-order chi connectivity index (χ0) is 18.6. The lowest BCUT2D eigenvalue weighted by Gasteiger charge is -1.99. The van der Waals surface area contributed by atoms with Crippen LogP contribution in [0.4, 0.5) is 0 Å². The van der Waals surface area contributed by atoms with E-state index in [0.717, 1.165) is 33.1 Å². The summed E-state index contributed by atoms with van der Waals surface area (Å²) in [5, 5.41) is 1.96. The Morgan fingerprint density at radius 2 is 1.89 bits per heavy atom. The summed E-state index contributed by atoms with van der Waals surface area (Å²) >= 11 is 0. The summed E-state index contributed by atoms with van der Waals surface area (Å²) in [6, 6.07) is 17.6. The fourth-order valence-electron chi connectivity index (χ4n) is 3.07. The summed E-state index contributed by atoms with van der Waals surface area (Å²) in [7, 11) is 1.64. The van der Waals surface area contributed by atoms with Gasteiger partial charge in [-0.05, 0) is 35.9 Å². The first kappa shape index (κ1) is 16.8. The van der Waals surface area contributed by atoms with Gasteiger partial charge < -0.3 is 9.72 Å². The van der Waals surface area contributed by atoms with Crippen LogP contribution in [0.1, 0.15) is 16.1 Å². The quantitative estimate of drug-likeness (QED) is 0.305. The van der Waals surface area contributed by atoms with Crippen LogP contribution in [-0.2, 0) is 0 Å². The molecule has 4 rings (SSSR count). The second-order valence-electron chi connectivity index (χ2n) is 6.11. The Kier molecular flexibility index (Phi) is 4.54. The van der Waals surface area contributed by atoms with Crippen molar-refractivity contribution in [2.75, 3.05) is 7.11 Å². The van der Waals surface area contributed by atoms with Crippen molar-refractivity contribution >= 4 is 33.7 Å². The first-order valence-corrected chi connectivity index (χ1v) is 8.65. The average molecular weight is 354 g/mol. The van der Waals surface area contributed by atoms with Crippen LogP contribution >= 0.6 is 0 Å². The van der Waals surface area contributed by atoms with Gasteiger partial charge in [0.05, 0.1) is 12.6 Å². The Morgan fingerprint density at radius 3 is 2.70 bits per heavy atom. The number of H-pyrrole nitrogens is 1. The molecule has 0 saturated heterocycles. The summed E-state index contributed by atoms with van der Waals surface area (Å²) in [5.74, 6) is 0.635. The number of hydrogen-bond acceptors (Lipinski definition) is 3. The zero-order valence-corrected chi connectivity index (χ0v) is 14.8. The van der Waals surface area contributed by atoms with E-state index in [1.807, 2.05) is 66.7 Å². The van der Waals surface area contributed by atoms with Crippen molar-refractivity contribution in [3.63, 3.8) is 0 Å². The van der Waals surface area contributed by atoms with Crippen LogP contribution in [0.2, 0.25) is 0 Å².